The number of nitrogens with zero attached hydrogens (tertiary/aromatic N) is 1. The number of hydrogen-bond donors (Lipinski definition) is 0. The first kappa shape index (κ1) is 9.75. The highest BCUT2D eigenvalue weighted by Crippen LogP contribution is 2.23. The lowest BCUT2D eigenvalue weighted by Crippen LogP contribution is -2.14. The second-order valence-corrected chi connectivity index (χ2v) is 4.49. The van der Waals surface area contributed by atoms with Gasteiger partial charge in [0.25, 0.3) is 0 Å². The van der Waals surface area contributed by atoms with Crippen molar-refractivity contribution in [2.24, 2.45) is 0 Å². The predicted molar refractivity (Wildman–Crippen MR) is 55.9 cm³/mol. The zero-order valence-electron chi connectivity index (χ0n) is 8.08. The average molecular weight is 183 g/mol. The molecule has 1 heterocycles. The fraction of sp³-hybridized carbons (Fsp3) is 0.600. The predicted octanol–water partition coefficient (Wildman–Crippen LogP) is 2.80. The molecule has 1 aromatic rings. The van der Waals surface area contributed by atoms with Crippen molar-refractivity contribution in [2.45, 2.75) is 19.3 Å². The van der Waals surface area contributed by atoms with Crippen LogP contribution < -0.4 is 0 Å². The van der Waals surface area contributed by atoms with Gasteiger partial charge in [0.05, 0.1) is 0 Å². The van der Waals surface area contributed by atoms with Gasteiger partial charge in [0.1, 0.15) is 0 Å². The molecule has 1 rings (SSSR count). The molecule has 0 aliphatic carbocycles. The minimum atomic E-state index is 0.715. The van der Waals surface area contributed by atoms with Gasteiger partial charge < -0.3 is 4.90 Å². The molecule has 0 saturated carbocycles. The van der Waals surface area contributed by atoms with Crippen molar-refractivity contribution in [3.63, 3.8) is 0 Å². The maximum atomic E-state index is 2.30. The Labute approximate surface area is 79.0 Å². The van der Waals surface area contributed by atoms with E-state index in [1.165, 1.54) is 17.8 Å². The van der Waals surface area contributed by atoms with Crippen LogP contribution in [0.5, 0.6) is 0 Å². The maximum absolute atomic E-state index is 2.30. The van der Waals surface area contributed by atoms with Gasteiger partial charge in [0.15, 0.2) is 0 Å². The van der Waals surface area contributed by atoms with Crippen LogP contribution in [0.3, 0.4) is 0 Å². The van der Waals surface area contributed by atoms with E-state index in [9.17, 15) is 0 Å². The number of rotatable bonds is 4. The van der Waals surface area contributed by atoms with E-state index in [-0.39, 0.29) is 0 Å². The Balaban J connectivity index is 2.34. The summed E-state index contributed by atoms with van der Waals surface area (Å²) in [5.41, 5.74) is 0. The molecule has 0 aliphatic heterocycles. The zero-order valence-corrected chi connectivity index (χ0v) is 8.90. The molecule has 12 heavy (non-hydrogen) atoms. The van der Waals surface area contributed by atoms with Crippen molar-refractivity contribution in [3.05, 3.63) is 22.4 Å². The fourth-order valence-corrected chi connectivity index (χ4v) is 1.99. The molecule has 0 saturated heterocycles. The molecule has 0 radical (unpaired) electrons. The third-order valence-electron chi connectivity index (χ3n) is 2.04. The van der Waals surface area contributed by atoms with Crippen LogP contribution in [0.4, 0.5) is 0 Å². The molecule has 2 heteroatoms. The summed E-state index contributed by atoms with van der Waals surface area (Å²) in [6, 6.07) is 4.36. The van der Waals surface area contributed by atoms with Crippen LogP contribution in [0.15, 0.2) is 17.5 Å². The van der Waals surface area contributed by atoms with Crippen LogP contribution in [0.1, 0.15) is 24.1 Å². The van der Waals surface area contributed by atoms with E-state index in [1.54, 1.807) is 0 Å². The number of thiophene rings is 1. The highest BCUT2D eigenvalue weighted by Gasteiger charge is 2.05. The molecule has 68 valence electrons. The van der Waals surface area contributed by atoms with Crippen LogP contribution >= 0.6 is 11.3 Å². The van der Waals surface area contributed by atoms with E-state index < -0.39 is 0 Å². The Hall–Kier alpha value is -0.340. The minimum Gasteiger partial charge on any atom is -0.309 e. The van der Waals surface area contributed by atoms with Gasteiger partial charge in [0.2, 0.25) is 0 Å². The van der Waals surface area contributed by atoms with Crippen molar-refractivity contribution in [2.75, 3.05) is 20.6 Å². The summed E-state index contributed by atoms with van der Waals surface area (Å²) in [5, 5.41) is 2.15. The molecule has 0 amide bonds. The molecule has 0 fully saturated rings. The summed E-state index contributed by atoms with van der Waals surface area (Å²) in [4.78, 5) is 3.75. The Bertz CT molecular complexity index is 204. The lowest BCUT2D eigenvalue weighted by Gasteiger charge is -2.13. The van der Waals surface area contributed by atoms with Crippen LogP contribution in [-0.2, 0) is 0 Å². The lowest BCUT2D eigenvalue weighted by molar-refractivity contribution is 0.387. The molecule has 1 unspecified atom stereocenters. The summed E-state index contributed by atoms with van der Waals surface area (Å²) >= 11 is 1.86. The first-order valence-corrected chi connectivity index (χ1v) is 5.26. The van der Waals surface area contributed by atoms with E-state index in [4.69, 9.17) is 0 Å². The van der Waals surface area contributed by atoms with Gasteiger partial charge in [-0.3, -0.25) is 0 Å². The molecule has 1 atom stereocenters. The van der Waals surface area contributed by atoms with E-state index in [0.717, 1.165) is 0 Å². The van der Waals surface area contributed by atoms with E-state index in [0.29, 0.717) is 5.92 Å². The van der Waals surface area contributed by atoms with E-state index >= 15 is 0 Å². The minimum absolute atomic E-state index is 0.715. The van der Waals surface area contributed by atoms with Gasteiger partial charge in [0, 0.05) is 4.88 Å². The first-order chi connectivity index (χ1) is 5.70. The molecule has 0 aliphatic rings. The van der Waals surface area contributed by atoms with Crippen molar-refractivity contribution in [1.82, 2.24) is 4.90 Å². The maximum Gasteiger partial charge on any atom is 0.00739 e. The summed E-state index contributed by atoms with van der Waals surface area (Å²) in [6.07, 6.45) is 1.26. The van der Waals surface area contributed by atoms with Crippen molar-refractivity contribution in [1.29, 1.82) is 0 Å². The molecule has 0 N–H and O–H groups in total. The summed E-state index contributed by atoms with van der Waals surface area (Å²) in [7, 11) is 4.25. The van der Waals surface area contributed by atoms with Crippen molar-refractivity contribution >= 4 is 11.3 Å². The first-order valence-electron chi connectivity index (χ1n) is 4.38. The summed E-state index contributed by atoms with van der Waals surface area (Å²) < 4.78 is 0. The van der Waals surface area contributed by atoms with Gasteiger partial charge in [-0.15, -0.1) is 11.3 Å². The largest absolute Gasteiger partial charge is 0.309 e. The van der Waals surface area contributed by atoms with Gasteiger partial charge in [-0.05, 0) is 44.4 Å². The monoisotopic (exact) mass is 183 g/mol. The highest BCUT2D eigenvalue weighted by atomic mass is 32.1. The second-order valence-electron chi connectivity index (χ2n) is 3.51. The van der Waals surface area contributed by atoms with Crippen LogP contribution in [0, 0.1) is 0 Å². The third-order valence-corrected chi connectivity index (χ3v) is 3.14. The molecule has 1 nitrogen and oxygen atoms in total. The zero-order chi connectivity index (χ0) is 8.97. The second kappa shape index (κ2) is 4.63. The van der Waals surface area contributed by atoms with E-state index in [2.05, 4.69) is 43.4 Å². The van der Waals surface area contributed by atoms with Crippen LogP contribution in [0.2, 0.25) is 0 Å². The van der Waals surface area contributed by atoms with Gasteiger partial charge in [-0.2, -0.15) is 0 Å². The van der Waals surface area contributed by atoms with Gasteiger partial charge in [-0.1, -0.05) is 13.0 Å². The molecular weight excluding hydrogens is 166 g/mol. The van der Waals surface area contributed by atoms with Crippen LogP contribution in [-0.4, -0.2) is 25.5 Å². The van der Waals surface area contributed by atoms with Gasteiger partial charge >= 0.3 is 0 Å². The Kier molecular flexibility index (Phi) is 3.76. The smallest absolute Gasteiger partial charge is 0.00739 e. The summed E-state index contributed by atoms with van der Waals surface area (Å²) in [6.45, 7) is 3.48. The highest BCUT2D eigenvalue weighted by molar-refractivity contribution is 7.10. The Morgan fingerprint density at radius 1 is 1.50 bits per heavy atom. The topological polar surface area (TPSA) is 3.24 Å². The molecule has 0 spiro atoms. The molecule has 0 bridgehead atoms. The van der Waals surface area contributed by atoms with E-state index in [1.807, 2.05) is 11.3 Å². The number of hydrogen-bond acceptors (Lipinski definition) is 2. The van der Waals surface area contributed by atoms with Gasteiger partial charge in [-0.25, -0.2) is 0 Å². The summed E-state index contributed by atoms with van der Waals surface area (Å²) in [5.74, 6) is 0.715. The Morgan fingerprint density at radius 2 is 2.25 bits per heavy atom. The Morgan fingerprint density at radius 3 is 2.75 bits per heavy atom. The lowest BCUT2D eigenvalue weighted by atomic mass is 10.1. The third kappa shape index (κ3) is 2.95. The standard InChI is InChI=1S/C10H17NS/c1-9(6-7-11(2)3)10-5-4-8-12-10/h4-5,8-9H,6-7H2,1-3H3. The quantitative estimate of drug-likeness (QED) is 0.694. The molecular formula is C10H17NS. The SMILES string of the molecule is CC(CCN(C)C)c1cccs1. The van der Waals surface area contributed by atoms with Crippen LogP contribution in [0.25, 0.3) is 0 Å². The van der Waals surface area contributed by atoms with Crippen molar-refractivity contribution in [3.8, 4) is 0 Å². The fourth-order valence-electron chi connectivity index (χ4n) is 1.17. The normalized spacial score (nSPS) is 13.7. The van der Waals surface area contributed by atoms with Crippen molar-refractivity contribution < 1.29 is 0 Å². The molecule has 1 aromatic heterocycles. The average Bonchev–Trinajstić information content (AvgIpc) is 2.51. The molecule has 0 aromatic carbocycles.